The van der Waals surface area contributed by atoms with Gasteiger partial charge in [-0.1, -0.05) is 13.0 Å². The Labute approximate surface area is 123 Å². The Hall–Kier alpha value is -1.05. The van der Waals surface area contributed by atoms with Gasteiger partial charge in [-0.2, -0.15) is 5.26 Å². The van der Waals surface area contributed by atoms with Gasteiger partial charge in [-0.25, -0.2) is 0 Å². The molecule has 4 heteroatoms. The van der Waals surface area contributed by atoms with Gasteiger partial charge in [-0.3, -0.25) is 4.90 Å². The number of benzene rings is 1. The van der Waals surface area contributed by atoms with E-state index in [9.17, 15) is 5.26 Å². The minimum atomic E-state index is 0.612. The molecule has 1 saturated heterocycles. The molecule has 2 rings (SSSR count). The van der Waals surface area contributed by atoms with Crippen molar-refractivity contribution in [2.24, 2.45) is 0 Å². The van der Waals surface area contributed by atoms with Crippen molar-refractivity contribution in [2.75, 3.05) is 31.6 Å². The van der Waals surface area contributed by atoms with Crippen molar-refractivity contribution in [2.45, 2.75) is 25.8 Å². The van der Waals surface area contributed by atoms with Crippen molar-refractivity contribution >= 4 is 21.6 Å². The fourth-order valence-electron chi connectivity index (χ4n) is 2.87. The van der Waals surface area contributed by atoms with Gasteiger partial charge in [0.25, 0.3) is 0 Å². The van der Waals surface area contributed by atoms with Gasteiger partial charge in [0.2, 0.25) is 0 Å². The van der Waals surface area contributed by atoms with Gasteiger partial charge in [0.15, 0.2) is 0 Å². The van der Waals surface area contributed by atoms with Crippen LogP contribution in [0, 0.1) is 11.3 Å². The predicted molar refractivity (Wildman–Crippen MR) is 82.4 cm³/mol. The summed E-state index contributed by atoms with van der Waals surface area (Å²) in [7, 11) is 2.08. The second-order valence-corrected chi connectivity index (χ2v) is 5.91. The van der Waals surface area contributed by atoms with Crippen LogP contribution in [-0.2, 0) is 0 Å². The highest BCUT2D eigenvalue weighted by molar-refractivity contribution is 9.10. The highest BCUT2D eigenvalue weighted by Crippen LogP contribution is 2.27. The molecular formula is C15H20BrN3. The molecule has 0 N–H and O–H groups in total. The summed E-state index contributed by atoms with van der Waals surface area (Å²) in [6.45, 7) is 5.53. The summed E-state index contributed by atoms with van der Waals surface area (Å²) in [5, 5.41) is 9.29. The number of likely N-dealkylation sites (N-methyl/N-ethyl adjacent to an activating group) is 2. The molecule has 1 aromatic rings. The zero-order valence-corrected chi connectivity index (χ0v) is 13.2. The monoisotopic (exact) mass is 321 g/mol. The second-order valence-electron chi connectivity index (χ2n) is 5.05. The third kappa shape index (κ3) is 3.10. The van der Waals surface area contributed by atoms with Gasteiger partial charge in [-0.05, 0) is 54.0 Å². The molecule has 1 fully saturated rings. The first kappa shape index (κ1) is 14.4. The van der Waals surface area contributed by atoms with Gasteiger partial charge in [0.1, 0.15) is 6.07 Å². The Morgan fingerprint density at radius 2 is 2.32 bits per heavy atom. The van der Waals surface area contributed by atoms with Crippen molar-refractivity contribution in [1.29, 1.82) is 5.26 Å². The minimum absolute atomic E-state index is 0.612. The molecule has 19 heavy (non-hydrogen) atoms. The zero-order chi connectivity index (χ0) is 13.8. The quantitative estimate of drug-likeness (QED) is 0.852. The van der Waals surface area contributed by atoms with Crippen molar-refractivity contribution < 1.29 is 0 Å². The van der Waals surface area contributed by atoms with E-state index in [0.29, 0.717) is 6.04 Å². The van der Waals surface area contributed by atoms with Crippen LogP contribution < -0.4 is 4.90 Å². The molecule has 1 atom stereocenters. The van der Waals surface area contributed by atoms with Crippen molar-refractivity contribution in [3.8, 4) is 6.07 Å². The number of hydrogen-bond donors (Lipinski definition) is 0. The van der Waals surface area contributed by atoms with Crippen LogP contribution in [0.4, 0.5) is 5.69 Å². The van der Waals surface area contributed by atoms with E-state index in [1.54, 1.807) is 0 Å². The van der Waals surface area contributed by atoms with Gasteiger partial charge < -0.3 is 4.90 Å². The SMILES string of the molecule is CCN1CCCC1CN(C)c1cccc(Br)c1C#N. The van der Waals surface area contributed by atoms with Crippen LogP contribution in [0.15, 0.2) is 22.7 Å². The molecule has 1 aromatic carbocycles. The van der Waals surface area contributed by atoms with Gasteiger partial charge in [0.05, 0.1) is 11.3 Å². The van der Waals surface area contributed by atoms with Gasteiger partial charge in [-0.15, -0.1) is 0 Å². The van der Waals surface area contributed by atoms with Crippen LogP contribution in [0.2, 0.25) is 0 Å². The number of halogens is 1. The predicted octanol–water partition coefficient (Wildman–Crippen LogP) is 3.24. The first-order valence-corrected chi connectivity index (χ1v) is 7.60. The topological polar surface area (TPSA) is 30.3 Å². The molecule has 1 aliphatic heterocycles. The molecule has 0 spiro atoms. The third-order valence-electron chi connectivity index (χ3n) is 3.90. The maximum absolute atomic E-state index is 9.29. The standard InChI is InChI=1S/C15H20BrN3/c1-3-19-9-5-6-12(19)11-18(2)15-8-4-7-14(16)13(15)10-17/h4,7-8,12H,3,5-6,9,11H2,1-2H3. The van der Waals surface area contributed by atoms with Gasteiger partial charge in [0, 0.05) is 24.1 Å². The van der Waals surface area contributed by atoms with Crippen LogP contribution in [0.3, 0.4) is 0 Å². The van der Waals surface area contributed by atoms with Gasteiger partial charge >= 0.3 is 0 Å². The molecule has 0 aliphatic carbocycles. The van der Waals surface area contributed by atoms with Crippen LogP contribution in [0.5, 0.6) is 0 Å². The Kier molecular flexibility index (Phi) is 4.84. The van der Waals surface area contributed by atoms with Crippen molar-refractivity contribution in [3.05, 3.63) is 28.2 Å². The number of nitrogens with zero attached hydrogens (tertiary/aromatic N) is 3. The van der Waals surface area contributed by atoms with E-state index >= 15 is 0 Å². The first-order valence-electron chi connectivity index (χ1n) is 6.81. The largest absolute Gasteiger partial charge is 0.372 e. The number of nitriles is 1. The maximum Gasteiger partial charge on any atom is 0.103 e. The molecule has 1 aliphatic rings. The minimum Gasteiger partial charge on any atom is -0.372 e. The zero-order valence-electron chi connectivity index (χ0n) is 11.6. The summed E-state index contributed by atoms with van der Waals surface area (Å²) >= 11 is 3.45. The van der Waals surface area contributed by atoms with Crippen molar-refractivity contribution in [1.82, 2.24) is 4.90 Å². The molecule has 1 unspecified atom stereocenters. The fourth-order valence-corrected chi connectivity index (χ4v) is 3.32. The molecule has 102 valence electrons. The van der Waals surface area contributed by atoms with E-state index in [1.807, 2.05) is 18.2 Å². The maximum atomic E-state index is 9.29. The molecule has 3 nitrogen and oxygen atoms in total. The average molecular weight is 322 g/mol. The van der Waals surface area contributed by atoms with E-state index in [2.05, 4.69) is 45.8 Å². The summed E-state index contributed by atoms with van der Waals surface area (Å²) < 4.78 is 0.873. The molecule has 0 bridgehead atoms. The number of rotatable bonds is 4. The molecule has 0 radical (unpaired) electrons. The molecule has 0 aromatic heterocycles. The normalized spacial score (nSPS) is 19.4. The van der Waals surface area contributed by atoms with E-state index in [0.717, 1.165) is 28.8 Å². The third-order valence-corrected chi connectivity index (χ3v) is 4.57. The fraction of sp³-hybridized carbons (Fsp3) is 0.533. The summed E-state index contributed by atoms with van der Waals surface area (Å²) in [6, 6.07) is 8.84. The molecule has 0 saturated carbocycles. The Balaban J connectivity index is 2.14. The van der Waals surface area contributed by atoms with Crippen LogP contribution >= 0.6 is 15.9 Å². The van der Waals surface area contributed by atoms with E-state index in [4.69, 9.17) is 0 Å². The summed E-state index contributed by atoms with van der Waals surface area (Å²) in [5.41, 5.74) is 1.74. The van der Waals surface area contributed by atoms with Crippen LogP contribution in [0.1, 0.15) is 25.3 Å². The Morgan fingerprint density at radius 3 is 3.00 bits per heavy atom. The molecular weight excluding hydrogens is 302 g/mol. The number of anilines is 1. The van der Waals surface area contributed by atoms with Crippen LogP contribution in [0.25, 0.3) is 0 Å². The first-order chi connectivity index (χ1) is 9.17. The molecule has 0 amide bonds. The Morgan fingerprint density at radius 1 is 1.53 bits per heavy atom. The summed E-state index contributed by atoms with van der Waals surface area (Å²) in [4.78, 5) is 4.74. The lowest BCUT2D eigenvalue weighted by atomic mass is 10.1. The van der Waals surface area contributed by atoms with Crippen molar-refractivity contribution in [3.63, 3.8) is 0 Å². The number of hydrogen-bond acceptors (Lipinski definition) is 3. The summed E-state index contributed by atoms with van der Waals surface area (Å²) in [6.07, 6.45) is 2.55. The summed E-state index contributed by atoms with van der Waals surface area (Å²) in [5.74, 6) is 0. The van der Waals surface area contributed by atoms with E-state index < -0.39 is 0 Å². The highest BCUT2D eigenvalue weighted by atomic mass is 79.9. The smallest absolute Gasteiger partial charge is 0.103 e. The van der Waals surface area contributed by atoms with Crippen LogP contribution in [-0.4, -0.2) is 37.6 Å². The highest BCUT2D eigenvalue weighted by Gasteiger charge is 2.24. The lowest BCUT2D eigenvalue weighted by Crippen LogP contribution is -2.39. The van der Waals surface area contributed by atoms with E-state index in [-0.39, 0.29) is 0 Å². The average Bonchev–Trinajstić information content (AvgIpc) is 2.85. The lowest BCUT2D eigenvalue weighted by molar-refractivity contribution is 0.270. The number of likely N-dealkylation sites (tertiary alicyclic amines) is 1. The Bertz CT molecular complexity index is 481. The molecule has 1 heterocycles. The lowest BCUT2D eigenvalue weighted by Gasteiger charge is -2.29. The van der Waals surface area contributed by atoms with E-state index in [1.165, 1.54) is 19.4 Å². The second kappa shape index (κ2) is 6.40.